The summed E-state index contributed by atoms with van der Waals surface area (Å²) in [6.45, 7) is 5.44. The Morgan fingerprint density at radius 2 is 1.73 bits per heavy atom. The Bertz CT molecular complexity index is 459. The van der Waals surface area contributed by atoms with E-state index in [1.807, 2.05) is 13.8 Å². The van der Waals surface area contributed by atoms with Crippen LogP contribution in [0.3, 0.4) is 0 Å². The summed E-state index contributed by atoms with van der Waals surface area (Å²) in [6, 6.07) is 10.6. The quantitative estimate of drug-likeness (QED) is 0.547. The fourth-order valence-corrected chi connectivity index (χ4v) is 2.21. The van der Waals surface area contributed by atoms with Crippen molar-refractivity contribution in [3.8, 4) is 0 Å². The molecule has 0 radical (unpaired) electrons. The zero-order valence-electron chi connectivity index (χ0n) is 14.0. The van der Waals surface area contributed by atoms with E-state index in [2.05, 4.69) is 35.1 Å². The first-order valence-corrected chi connectivity index (χ1v) is 8.24. The minimum atomic E-state index is -0.0625. The lowest BCUT2D eigenvalue weighted by atomic mass is 10.0. The number of ether oxygens (including phenoxy) is 1. The Morgan fingerprint density at radius 1 is 1.09 bits per heavy atom. The van der Waals surface area contributed by atoms with Crippen molar-refractivity contribution >= 4 is 11.8 Å². The number of aryl methyl sites for hydroxylation is 1. The van der Waals surface area contributed by atoms with E-state index in [-0.39, 0.29) is 19.4 Å². The Kier molecular flexibility index (Phi) is 8.49. The summed E-state index contributed by atoms with van der Waals surface area (Å²) in [6.07, 6.45) is 6.81. The molecule has 1 aliphatic rings. The predicted octanol–water partition coefficient (Wildman–Crippen LogP) is 4.58. The van der Waals surface area contributed by atoms with Crippen LogP contribution >= 0.6 is 0 Å². The Balaban J connectivity index is 0.000000509. The maximum Gasteiger partial charge on any atom is 0.312 e. The summed E-state index contributed by atoms with van der Waals surface area (Å²) < 4.78 is 4.61. The van der Waals surface area contributed by atoms with E-state index in [0.29, 0.717) is 5.78 Å². The smallest absolute Gasteiger partial charge is 0.312 e. The number of Topliss-reactive ketones (excluding diaryl/α,β-unsaturated/α-hetero) is 1. The lowest BCUT2D eigenvalue weighted by Gasteiger charge is -2.28. The van der Waals surface area contributed by atoms with Crippen LogP contribution in [0.5, 0.6) is 0 Å². The minimum absolute atomic E-state index is 0. The van der Waals surface area contributed by atoms with Crippen LogP contribution in [0.15, 0.2) is 30.3 Å². The normalized spacial score (nSPS) is 19.5. The van der Waals surface area contributed by atoms with E-state index < -0.39 is 0 Å². The van der Waals surface area contributed by atoms with Crippen molar-refractivity contribution in [2.75, 3.05) is 0 Å². The summed E-state index contributed by atoms with van der Waals surface area (Å²) in [7, 11) is 0. The van der Waals surface area contributed by atoms with Gasteiger partial charge < -0.3 is 9.53 Å². The summed E-state index contributed by atoms with van der Waals surface area (Å²) >= 11 is 0. The van der Waals surface area contributed by atoms with Gasteiger partial charge in [-0.1, -0.05) is 43.2 Å². The molecule has 3 nitrogen and oxygen atoms in total. The Morgan fingerprint density at radius 3 is 2.18 bits per heavy atom. The largest absolute Gasteiger partial charge is 0.461 e. The van der Waals surface area contributed by atoms with Gasteiger partial charge in [-0.3, -0.25) is 4.79 Å². The molecule has 0 bridgehead atoms. The van der Waals surface area contributed by atoms with E-state index in [1.54, 1.807) is 6.92 Å². The molecule has 1 saturated heterocycles. The number of unbranched alkanes of at least 4 members (excludes halogenated alkanes) is 3. The van der Waals surface area contributed by atoms with Crippen LogP contribution in [-0.2, 0) is 20.7 Å². The van der Waals surface area contributed by atoms with E-state index >= 15 is 0 Å². The zero-order chi connectivity index (χ0) is 16.4. The van der Waals surface area contributed by atoms with E-state index in [1.165, 1.54) is 31.2 Å². The van der Waals surface area contributed by atoms with Crippen LogP contribution in [0.2, 0.25) is 0 Å². The second kappa shape index (κ2) is 10.1. The predicted molar refractivity (Wildman–Crippen MR) is 90.7 cm³/mol. The van der Waals surface area contributed by atoms with Crippen LogP contribution in [0.25, 0.3) is 0 Å². The number of cyclic esters (lactones) is 1. The lowest BCUT2D eigenvalue weighted by Crippen LogP contribution is -2.40. The van der Waals surface area contributed by atoms with Crippen molar-refractivity contribution in [2.45, 2.75) is 65.4 Å². The third kappa shape index (κ3) is 7.39. The molecule has 1 aliphatic heterocycles. The molecule has 0 N–H and O–H groups in total. The molecule has 0 aromatic heterocycles. The van der Waals surface area contributed by atoms with Crippen molar-refractivity contribution in [1.29, 1.82) is 0 Å². The minimum Gasteiger partial charge on any atom is -0.461 e. The summed E-state index contributed by atoms with van der Waals surface area (Å²) in [5, 5.41) is 0. The fourth-order valence-electron chi connectivity index (χ4n) is 2.21. The standard InChI is InChI=1S/C14H20O.C5H8O2.H2/c1-13(15)9-5-2-3-6-10-14-11-7-4-8-12-14;1-3-4(2)7-5(3)6;/h4,7-8,11-12H,2-3,5-6,9-10H2,1H3;3-4H,1-2H3;1H/t;3-,4+;/m.1./s1. The average Bonchev–Trinajstić information content (AvgIpc) is 2.52. The molecule has 0 spiro atoms. The fraction of sp³-hybridized carbons (Fsp3) is 0.579. The molecule has 22 heavy (non-hydrogen) atoms. The third-order valence-corrected chi connectivity index (χ3v) is 3.97. The molecular weight excluding hydrogens is 276 g/mol. The summed E-state index contributed by atoms with van der Waals surface area (Å²) in [5.41, 5.74) is 1.42. The molecule has 124 valence electrons. The van der Waals surface area contributed by atoms with Gasteiger partial charge in [0.1, 0.15) is 11.9 Å². The Labute approximate surface area is 135 Å². The number of ketones is 1. The monoisotopic (exact) mass is 306 g/mol. The van der Waals surface area contributed by atoms with Gasteiger partial charge >= 0.3 is 5.97 Å². The Hall–Kier alpha value is -1.64. The maximum atomic E-state index is 10.7. The molecule has 2 atom stereocenters. The molecule has 0 saturated carbocycles. The molecule has 1 fully saturated rings. The molecule has 0 unspecified atom stereocenters. The molecule has 2 rings (SSSR count). The van der Waals surface area contributed by atoms with Gasteiger partial charge in [0.15, 0.2) is 0 Å². The van der Waals surface area contributed by atoms with Crippen molar-refractivity contribution < 1.29 is 15.8 Å². The third-order valence-electron chi connectivity index (χ3n) is 3.97. The van der Waals surface area contributed by atoms with Crippen LogP contribution < -0.4 is 0 Å². The van der Waals surface area contributed by atoms with Gasteiger partial charge in [-0.05, 0) is 45.6 Å². The van der Waals surface area contributed by atoms with Crippen molar-refractivity contribution in [3.63, 3.8) is 0 Å². The van der Waals surface area contributed by atoms with Crippen molar-refractivity contribution in [1.82, 2.24) is 0 Å². The topological polar surface area (TPSA) is 43.4 Å². The second-order valence-corrected chi connectivity index (χ2v) is 6.03. The number of carbonyl (C=O) groups excluding carboxylic acids is 2. The SMILES string of the molecule is CC(=O)CCCCCCc1ccccc1.C[C@@H]1OC(=O)[C@@H]1C.[HH]. The number of rotatable bonds is 7. The number of benzene rings is 1. The summed E-state index contributed by atoms with van der Waals surface area (Å²) in [4.78, 5) is 20.9. The highest BCUT2D eigenvalue weighted by molar-refractivity contribution is 5.77. The molecule has 3 heteroatoms. The number of carbonyl (C=O) groups is 2. The van der Waals surface area contributed by atoms with Crippen LogP contribution in [0.1, 0.15) is 59.9 Å². The van der Waals surface area contributed by atoms with E-state index in [9.17, 15) is 9.59 Å². The number of hydrogen-bond donors (Lipinski definition) is 0. The average molecular weight is 306 g/mol. The van der Waals surface area contributed by atoms with Crippen LogP contribution in [0.4, 0.5) is 0 Å². The van der Waals surface area contributed by atoms with E-state index in [0.717, 1.165) is 12.8 Å². The van der Waals surface area contributed by atoms with Gasteiger partial charge in [0.25, 0.3) is 0 Å². The molecule has 0 amide bonds. The highest BCUT2D eigenvalue weighted by atomic mass is 16.6. The van der Waals surface area contributed by atoms with Gasteiger partial charge in [0, 0.05) is 7.85 Å². The first-order valence-electron chi connectivity index (χ1n) is 8.24. The van der Waals surface area contributed by atoms with Crippen LogP contribution in [0, 0.1) is 5.92 Å². The first kappa shape index (κ1) is 18.4. The van der Waals surface area contributed by atoms with Crippen molar-refractivity contribution in [2.24, 2.45) is 5.92 Å². The molecule has 1 heterocycles. The van der Waals surface area contributed by atoms with Crippen LogP contribution in [-0.4, -0.2) is 17.9 Å². The van der Waals surface area contributed by atoms with Gasteiger partial charge in [0.2, 0.25) is 0 Å². The highest BCUT2D eigenvalue weighted by Crippen LogP contribution is 2.19. The van der Waals surface area contributed by atoms with E-state index in [4.69, 9.17) is 0 Å². The summed E-state index contributed by atoms with van der Waals surface area (Å²) in [5.74, 6) is 0.394. The zero-order valence-corrected chi connectivity index (χ0v) is 14.0. The van der Waals surface area contributed by atoms with Gasteiger partial charge in [-0.15, -0.1) is 0 Å². The molecule has 0 aliphatic carbocycles. The molecular formula is C19H30O3. The maximum absolute atomic E-state index is 10.7. The second-order valence-electron chi connectivity index (χ2n) is 6.03. The number of esters is 1. The molecule has 1 aromatic carbocycles. The van der Waals surface area contributed by atoms with Gasteiger partial charge in [-0.25, -0.2) is 0 Å². The van der Waals surface area contributed by atoms with Crippen molar-refractivity contribution in [3.05, 3.63) is 35.9 Å². The lowest BCUT2D eigenvalue weighted by molar-refractivity contribution is -0.179. The van der Waals surface area contributed by atoms with Gasteiger partial charge in [0.05, 0.1) is 5.92 Å². The molecule has 1 aromatic rings. The first-order chi connectivity index (χ1) is 10.5. The highest BCUT2D eigenvalue weighted by Gasteiger charge is 2.34. The number of hydrogen-bond acceptors (Lipinski definition) is 3. The van der Waals surface area contributed by atoms with Gasteiger partial charge in [-0.2, -0.15) is 0 Å².